The van der Waals surface area contributed by atoms with Gasteiger partial charge in [-0.05, 0) is 18.1 Å². The molecule has 1 aliphatic rings. The van der Waals surface area contributed by atoms with E-state index in [9.17, 15) is 4.79 Å². The van der Waals surface area contributed by atoms with E-state index in [1.807, 2.05) is 0 Å². The molecule has 0 saturated carbocycles. The number of ketones is 1. The molecule has 2 heteroatoms. The van der Waals surface area contributed by atoms with Crippen LogP contribution in [0.4, 0.5) is 0 Å². The molecule has 2 nitrogen and oxygen atoms in total. The van der Waals surface area contributed by atoms with Crippen LogP contribution in [-0.4, -0.2) is 17.0 Å². The van der Waals surface area contributed by atoms with Gasteiger partial charge < -0.3 is 5.11 Å². The van der Waals surface area contributed by atoms with Gasteiger partial charge in [0, 0.05) is 0 Å². The van der Waals surface area contributed by atoms with E-state index in [-0.39, 0.29) is 5.78 Å². The lowest BCUT2D eigenvalue weighted by Crippen LogP contribution is -2.04. The number of aliphatic hydroxyl groups excluding tert-OH is 1. The Hall–Kier alpha value is -1.07. The van der Waals surface area contributed by atoms with Crippen LogP contribution in [-0.2, 0) is 4.79 Å². The molecule has 0 aromatic rings. The zero-order valence-electron chi connectivity index (χ0n) is 4.09. The Kier molecular flexibility index (Phi) is 1.15. The summed E-state index contributed by atoms with van der Waals surface area (Å²) in [7, 11) is 0. The second-order valence-electron chi connectivity index (χ2n) is 1.44. The first kappa shape index (κ1) is 5.07. The van der Waals surface area contributed by atoms with Crippen LogP contribution in [0.5, 0.6) is 0 Å². The van der Waals surface area contributed by atoms with Gasteiger partial charge in [0.15, 0.2) is 0 Å². The molecule has 0 fully saturated rings. The first-order valence-corrected chi connectivity index (χ1v) is 2.21. The molecule has 1 aliphatic carbocycles. The standard InChI is InChI=1S/C6H4O2/c7-5-1-2-6(8)4-3-5/h1-2,5,7H/t5-/m0/s1. The molecule has 0 saturated heterocycles. The molecule has 0 radical (unpaired) electrons. The first-order chi connectivity index (χ1) is 3.79. The maximum Gasteiger partial charge on any atom is 0.228 e. The number of hydrogen-bond donors (Lipinski definition) is 1. The summed E-state index contributed by atoms with van der Waals surface area (Å²) in [6.45, 7) is 0. The van der Waals surface area contributed by atoms with Crippen molar-refractivity contribution in [2.75, 3.05) is 0 Å². The van der Waals surface area contributed by atoms with Crippen molar-refractivity contribution in [1.82, 2.24) is 0 Å². The van der Waals surface area contributed by atoms with Crippen LogP contribution in [0, 0.1) is 11.8 Å². The monoisotopic (exact) mass is 108 g/mol. The minimum atomic E-state index is -0.743. The summed E-state index contributed by atoms with van der Waals surface area (Å²) < 4.78 is 0. The van der Waals surface area contributed by atoms with E-state index in [0.29, 0.717) is 0 Å². The molecular weight excluding hydrogens is 104 g/mol. The van der Waals surface area contributed by atoms with Gasteiger partial charge in [-0.15, -0.1) is 0 Å². The van der Waals surface area contributed by atoms with Crippen molar-refractivity contribution >= 4 is 5.78 Å². The predicted molar refractivity (Wildman–Crippen MR) is 27.9 cm³/mol. The summed E-state index contributed by atoms with van der Waals surface area (Å²) >= 11 is 0. The number of carbonyl (C=O) groups excluding carboxylic acids is 1. The summed E-state index contributed by atoms with van der Waals surface area (Å²) in [5.74, 6) is 4.27. The summed E-state index contributed by atoms with van der Waals surface area (Å²) in [6, 6.07) is 0. The molecule has 0 unspecified atom stereocenters. The van der Waals surface area contributed by atoms with Crippen LogP contribution >= 0.6 is 0 Å². The third-order valence-corrected chi connectivity index (χ3v) is 0.773. The SMILES string of the molecule is O=C1C#C[C@@H](O)C=C1. The van der Waals surface area contributed by atoms with Crippen molar-refractivity contribution in [1.29, 1.82) is 0 Å². The van der Waals surface area contributed by atoms with E-state index in [0.717, 1.165) is 0 Å². The number of hydrogen-bond acceptors (Lipinski definition) is 2. The van der Waals surface area contributed by atoms with Gasteiger partial charge in [0.1, 0.15) is 6.10 Å². The van der Waals surface area contributed by atoms with Crippen molar-refractivity contribution in [3.05, 3.63) is 12.2 Å². The van der Waals surface area contributed by atoms with Gasteiger partial charge in [-0.1, -0.05) is 5.92 Å². The molecule has 8 heavy (non-hydrogen) atoms. The maximum absolute atomic E-state index is 10.2. The lowest BCUT2D eigenvalue weighted by atomic mass is 10.2. The van der Waals surface area contributed by atoms with Crippen LogP contribution < -0.4 is 0 Å². The Labute approximate surface area is 46.8 Å². The van der Waals surface area contributed by atoms with E-state index in [1.54, 1.807) is 0 Å². The van der Waals surface area contributed by atoms with Crippen molar-refractivity contribution < 1.29 is 9.90 Å². The fourth-order valence-corrected chi connectivity index (χ4v) is 0.413. The third-order valence-electron chi connectivity index (χ3n) is 0.773. The van der Waals surface area contributed by atoms with Crippen LogP contribution in [0.1, 0.15) is 0 Å². The van der Waals surface area contributed by atoms with E-state index in [4.69, 9.17) is 5.11 Å². The first-order valence-electron chi connectivity index (χ1n) is 2.21. The largest absolute Gasteiger partial charge is 0.377 e. The zero-order chi connectivity index (χ0) is 5.98. The van der Waals surface area contributed by atoms with Crippen molar-refractivity contribution in [2.45, 2.75) is 6.10 Å². The molecule has 1 atom stereocenters. The maximum atomic E-state index is 10.2. The number of rotatable bonds is 0. The molecule has 0 amide bonds. The van der Waals surface area contributed by atoms with Gasteiger partial charge in [0.25, 0.3) is 0 Å². The van der Waals surface area contributed by atoms with Gasteiger partial charge in [0.2, 0.25) is 5.78 Å². The highest BCUT2D eigenvalue weighted by atomic mass is 16.3. The zero-order valence-corrected chi connectivity index (χ0v) is 4.09. The quantitative estimate of drug-likeness (QED) is 0.335. The van der Waals surface area contributed by atoms with Gasteiger partial charge in [-0.2, -0.15) is 0 Å². The molecule has 1 N–H and O–H groups in total. The molecule has 0 aromatic carbocycles. The second-order valence-corrected chi connectivity index (χ2v) is 1.44. The van der Waals surface area contributed by atoms with Crippen molar-refractivity contribution in [3.8, 4) is 11.8 Å². The van der Waals surface area contributed by atoms with E-state index in [1.165, 1.54) is 12.2 Å². The fraction of sp³-hybridized carbons (Fsp3) is 0.167. The number of aliphatic hydroxyl groups is 1. The average molecular weight is 108 g/mol. The molecule has 1 rings (SSSR count). The molecule has 0 heterocycles. The molecule has 0 aromatic heterocycles. The topological polar surface area (TPSA) is 37.3 Å². The van der Waals surface area contributed by atoms with E-state index >= 15 is 0 Å². The highest BCUT2D eigenvalue weighted by molar-refractivity contribution is 6.05. The van der Waals surface area contributed by atoms with Gasteiger partial charge in [0.05, 0.1) is 0 Å². The Balaban J connectivity index is 2.79. The summed E-state index contributed by atoms with van der Waals surface area (Å²) in [4.78, 5) is 10.2. The Bertz CT molecular complexity index is 192. The Morgan fingerprint density at radius 1 is 1.75 bits per heavy atom. The lowest BCUT2D eigenvalue weighted by molar-refractivity contribution is -0.109. The molecule has 40 valence electrons. The van der Waals surface area contributed by atoms with Crippen molar-refractivity contribution in [2.24, 2.45) is 0 Å². The fourth-order valence-electron chi connectivity index (χ4n) is 0.413. The minimum Gasteiger partial charge on any atom is -0.377 e. The normalized spacial score (nSPS) is 24.6. The number of allylic oxidation sites excluding steroid dienone is 1. The Morgan fingerprint density at radius 3 is 2.88 bits per heavy atom. The predicted octanol–water partition coefficient (Wildman–Crippen LogP) is -0.510. The van der Waals surface area contributed by atoms with Gasteiger partial charge in [-0.3, -0.25) is 4.79 Å². The summed E-state index contributed by atoms with van der Waals surface area (Å²) in [5.41, 5.74) is 0. The van der Waals surface area contributed by atoms with E-state index < -0.39 is 6.10 Å². The number of carbonyl (C=O) groups is 1. The van der Waals surface area contributed by atoms with Gasteiger partial charge >= 0.3 is 0 Å². The molecule has 0 aliphatic heterocycles. The van der Waals surface area contributed by atoms with E-state index in [2.05, 4.69) is 11.8 Å². The highest BCUT2D eigenvalue weighted by Crippen LogP contribution is 1.89. The third kappa shape index (κ3) is 0.955. The molecular formula is C6H4O2. The van der Waals surface area contributed by atoms with Crippen LogP contribution in [0.15, 0.2) is 12.2 Å². The Morgan fingerprint density at radius 2 is 2.50 bits per heavy atom. The van der Waals surface area contributed by atoms with Crippen LogP contribution in [0.2, 0.25) is 0 Å². The average Bonchev–Trinajstić information content (AvgIpc) is 1.77. The van der Waals surface area contributed by atoms with Crippen LogP contribution in [0.25, 0.3) is 0 Å². The second kappa shape index (κ2) is 1.81. The summed E-state index contributed by atoms with van der Waals surface area (Å²) in [6.07, 6.45) is 1.88. The molecule has 0 bridgehead atoms. The molecule has 0 spiro atoms. The minimum absolute atomic E-state index is 0.240. The highest BCUT2D eigenvalue weighted by Gasteiger charge is 1.98. The van der Waals surface area contributed by atoms with Crippen LogP contribution in [0.3, 0.4) is 0 Å². The van der Waals surface area contributed by atoms with Gasteiger partial charge in [-0.25, -0.2) is 0 Å². The smallest absolute Gasteiger partial charge is 0.228 e. The summed E-state index contributed by atoms with van der Waals surface area (Å²) in [5, 5.41) is 8.61. The lowest BCUT2D eigenvalue weighted by Gasteiger charge is -1.94. The van der Waals surface area contributed by atoms with Crippen molar-refractivity contribution in [3.63, 3.8) is 0 Å².